The van der Waals surface area contributed by atoms with Gasteiger partial charge >= 0.3 is 0 Å². The second-order valence-electron chi connectivity index (χ2n) is 4.60. The van der Waals surface area contributed by atoms with Crippen molar-refractivity contribution in [3.8, 4) is 0 Å². The minimum atomic E-state index is -0.103. The van der Waals surface area contributed by atoms with Crippen molar-refractivity contribution in [1.82, 2.24) is 4.90 Å². The summed E-state index contributed by atoms with van der Waals surface area (Å²) in [6, 6.07) is 0.398. The average Bonchev–Trinajstić information content (AvgIpc) is 2.18. The van der Waals surface area contributed by atoms with Crippen LogP contribution in [0.5, 0.6) is 0 Å². The third-order valence-corrected chi connectivity index (χ3v) is 3.44. The Morgan fingerprint density at radius 1 is 1.29 bits per heavy atom. The molecule has 0 amide bonds. The maximum atomic E-state index is 9.92. The van der Waals surface area contributed by atoms with Gasteiger partial charge in [-0.25, -0.2) is 0 Å². The van der Waals surface area contributed by atoms with E-state index in [2.05, 4.69) is 11.8 Å². The molecule has 2 aliphatic rings. The Morgan fingerprint density at radius 2 is 2.07 bits per heavy atom. The second kappa shape index (κ2) is 4.60. The average molecular weight is 199 g/mol. The predicted octanol–water partition coefficient (Wildman–Crippen LogP) is 1.01. The largest absolute Gasteiger partial charge is 0.391 e. The standard InChI is InChI=1S/C11H21NO2/c1-9-8-12(6-7-14-9)10-4-2-3-5-11(10)13/h9-11,13H,2-8H2,1H3/t9?,10-,11-/m0/s1. The molecule has 3 atom stereocenters. The van der Waals surface area contributed by atoms with E-state index in [9.17, 15) is 5.11 Å². The highest BCUT2D eigenvalue weighted by Gasteiger charge is 2.31. The molecular formula is C11H21NO2. The SMILES string of the molecule is CC1CN([C@H]2CCCC[C@@H]2O)CCO1. The molecule has 0 bridgehead atoms. The highest BCUT2D eigenvalue weighted by molar-refractivity contribution is 4.85. The number of hydrogen-bond donors (Lipinski definition) is 1. The van der Waals surface area contributed by atoms with Gasteiger partial charge < -0.3 is 9.84 Å². The van der Waals surface area contributed by atoms with E-state index in [1.165, 1.54) is 12.8 Å². The number of rotatable bonds is 1. The van der Waals surface area contributed by atoms with Crippen LogP contribution in [0, 0.1) is 0 Å². The number of aliphatic hydroxyl groups is 1. The molecule has 1 saturated carbocycles. The Balaban J connectivity index is 1.91. The van der Waals surface area contributed by atoms with Crippen molar-refractivity contribution in [2.75, 3.05) is 19.7 Å². The van der Waals surface area contributed by atoms with Crippen molar-refractivity contribution in [2.24, 2.45) is 0 Å². The van der Waals surface area contributed by atoms with Crippen molar-refractivity contribution >= 4 is 0 Å². The van der Waals surface area contributed by atoms with Crippen molar-refractivity contribution in [3.63, 3.8) is 0 Å². The van der Waals surface area contributed by atoms with Crippen LogP contribution in [-0.2, 0) is 4.74 Å². The van der Waals surface area contributed by atoms with E-state index in [0.29, 0.717) is 12.1 Å². The molecule has 2 fully saturated rings. The monoisotopic (exact) mass is 199 g/mol. The second-order valence-corrected chi connectivity index (χ2v) is 4.60. The van der Waals surface area contributed by atoms with E-state index >= 15 is 0 Å². The molecule has 82 valence electrons. The third kappa shape index (κ3) is 2.27. The molecule has 3 nitrogen and oxygen atoms in total. The van der Waals surface area contributed by atoms with Crippen LogP contribution in [0.25, 0.3) is 0 Å². The van der Waals surface area contributed by atoms with Crippen molar-refractivity contribution in [3.05, 3.63) is 0 Å². The quantitative estimate of drug-likeness (QED) is 0.684. The van der Waals surface area contributed by atoms with Gasteiger partial charge in [0.15, 0.2) is 0 Å². The van der Waals surface area contributed by atoms with E-state index in [1.807, 2.05) is 0 Å². The number of nitrogens with zero attached hydrogens (tertiary/aromatic N) is 1. The van der Waals surface area contributed by atoms with E-state index in [1.54, 1.807) is 0 Å². The molecule has 2 rings (SSSR count). The van der Waals surface area contributed by atoms with Crippen LogP contribution in [0.4, 0.5) is 0 Å². The first-order chi connectivity index (χ1) is 6.77. The molecule has 0 aromatic carbocycles. The summed E-state index contributed by atoms with van der Waals surface area (Å²) >= 11 is 0. The molecule has 1 heterocycles. The van der Waals surface area contributed by atoms with Gasteiger partial charge in [-0.2, -0.15) is 0 Å². The van der Waals surface area contributed by atoms with Gasteiger partial charge in [-0.1, -0.05) is 12.8 Å². The molecule has 1 unspecified atom stereocenters. The maximum absolute atomic E-state index is 9.92. The molecule has 3 heteroatoms. The summed E-state index contributed by atoms with van der Waals surface area (Å²) in [5.41, 5.74) is 0. The Labute approximate surface area is 86.0 Å². The lowest BCUT2D eigenvalue weighted by Crippen LogP contribution is -2.52. The van der Waals surface area contributed by atoms with Crippen molar-refractivity contribution in [1.29, 1.82) is 0 Å². The molecule has 0 spiro atoms. The molecule has 0 aromatic rings. The highest BCUT2D eigenvalue weighted by atomic mass is 16.5. The zero-order chi connectivity index (χ0) is 9.97. The summed E-state index contributed by atoms with van der Waals surface area (Å²) < 4.78 is 5.51. The van der Waals surface area contributed by atoms with Crippen LogP contribution >= 0.6 is 0 Å². The fraction of sp³-hybridized carbons (Fsp3) is 1.00. The third-order valence-electron chi connectivity index (χ3n) is 3.44. The fourth-order valence-corrected chi connectivity index (χ4v) is 2.66. The number of aliphatic hydroxyl groups excluding tert-OH is 1. The van der Waals surface area contributed by atoms with E-state index in [4.69, 9.17) is 4.74 Å². The molecule has 0 aromatic heterocycles. The van der Waals surface area contributed by atoms with Crippen LogP contribution in [0.15, 0.2) is 0 Å². The Kier molecular flexibility index (Phi) is 3.42. The van der Waals surface area contributed by atoms with Crippen LogP contribution in [0.1, 0.15) is 32.6 Å². The lowest BCUT2D eigenvalue weighted by Gasteiger charge is -2.41. The summed E-state index contributed by atoms with van der Waals surface area (Å²) in [5.74, 6) is 0. The summed E-state index contributed by atoms with van der Waals surface area (Å²) in [7, 11) is 0. The summed E-state index contributed by atoms with van der Waals surface area (Å²) in [5, 5.41) is 9.92. The molecule has 0 radical (unpaired) electrons. The number of hydrogen-bond acceptors (Lipinski definition) is 3. The molecule has 1 saturated heterocycles. The summed E-state index contributed by atoms with van der Waals surface area (Å²) in [6.45, 7) is 4.92. The van der Waals surface area contributed by atoms with Crippen LogP contribution in [0.3, 0.4) is 0 Å². The summed E-state index contributed by atoms with van der Waals surface area (Å²) in [4.78, 5) is 2.41. The zero-order valence-electron chi connectivity index (χ0n) is 8.98. The van der Waals surface area contributed by atoms with Crippen molar-refractivity contribution < 1.29 is 9.84 Å². The number of morpholine rings is 1. The highest BCUT2D eigenvalue weighted by Crippen LogP contribution is 2.24. The topological polar surface area (TPSA) is 32.7 Å². The normalized spacial score (nSPS) is 41.1. The van der Waals surface area contributed by atoms with Gasteiger partial charge in [-0.15, -0.1) is 0 Å². The maximum Gasteiger partial charge on any atom is 0.0695 e. The van der Waals surface area contributed by atoms with Gasteiger partial charge in [0.25, 0.3) is 0 Å². The Hall–Kier alpha value is -0.120. The lowest BCUT2D eigenvalue weighted by molar-refractivity contribution is -0.0668. The van der Waals surface area contributed by atoms with Crippen molar-refractivity contribution in [2.45, 2.75) is 50.9 Å². The predicted molar refractivity (Wildman–Crippen MR) is 55.2 cm³/mol. The minimum absolute atomic E-state index is 0.103. The van der Waals surface area contributed by atoms with E-state index in [-0.39, 0.29) is 6.10 Å². The molecule has 1 N–H and O–H groups in total. The number of ether oxygens (including phenoxy) is 1. The van der Waals surface area contributed by atoms with Gasteiger partial charge in [0.1, 0.15) is 0 Å². The smallest absolute Gasteiger partial charge is 0.0695 e. The van der Waals surface area contributed by atoms with Crippen LogP contribution in [-0.4, -0.2) is 48.0 Å². The Bertz CT molecular complexity index is 186. The van der Waals surface area contributed by atoms with Gasteiger partial charge in [0.05, 0.1) is 18.8 Å². The first-order valence-corrected chi connectivity index (χ1v) is 5.81. The van der Waals surface area contributed by atoms with Gasteiger partial charge in [0.2, 0.25) is 0 Å². The van der Waals surface area contributed by atoms with E-state index in [0.717, 1.165) is 32.5 Å². The van der Waals surface area contributed by atoms with E-state index < -0.39 is 0 Å². The first kappa shape index (κ1) is 10.4. The van der Waals surface area contributed by atoms with Gasteiger partial charge in [-0.05, 0) is 19.8 Å². The van der Waals surface area contributed by atoms with Crippen LogP contribution in [0.2, 0.25) is 0 Å². The lowest BCUT2D eigenvalue weighted by atomic mass is 9.91. The summed E-state index contributed by atoms with van der Waals surface area (Å²) in [6.07, 6.45) is 4.84. The molecule has 1 aliphatic heterocycles. The van der Waals surface area contributed by atoms with Crippen LogP contribution < -0.4 is 0 Å². The first-order valence-electron chi connectivity index (χ1n) is 5.81. The van der Waals surface area contributed by atoms with Gasteiger partial charge in [-0.3, -0.25) is 4.90 Å². The molecule has 14 heavy (non-hydrogen) atoms. The molecule has 1 aliphatic carbocycles. The Morgan fingerprint density at radius 3 is 2.79 bits per heavy atom. The van der Waals surface area contributed by atoms with Gasteiger partial charge in [0, 0.05) is 19.1 Å². The zero-order valence-corrected chi connectivity index (χ0v) is 8.98. The molecular weight excluding hydrogens is 178 g/mol. The fourth-order valence-electron chi connectivity index (χ4n) is 2.66. The minimum Gasteiger partial charge on any atom is -0.391 e.